The maximum atomic E-state index is 5.87. The van der Waals surface area contributed by atoms with Crippen molar-refractivity contribution in [2.24, 2.45) is 5.92 Å². The molecule has 0 N–H and O–H groups in total. The molecular weight excluding hydrogens is 270 g/mol. The van der Waals surface area contributed by atoms with E-state index in [1.54, 1.807) is 0 Å². The Morgan fingerprint density at radius 1 is 1.05 bits per heavy atom. The van der Waals surface area contributed by atoms with Gasteiger partial charge in [0.2, 0.25) is 0 Å². The van der Waals surface area contributed by atoms with Crippen molar-refractivity contribution in [3.63, 3.8) is 0 Å². The van der Waals surface area contributed by atoms with E-state index in [1.807, 2.05) is 18.3 Å². The number of nitrogens with zero attached hydrogens (tertiary/aromatic N) is 1. The lowest BCUT2D eigenvalue weighted by Gasteiger charge is -2.13. The van der Waals surface area contributed by atoms with Crippen LogP contribution < -0.4 is 4.74 Å². The van der Waals surface area contributed by atoms with E-state index in [0.29, 0.717) is 5.92 Å². The van der Waals surface area contributed by atoms with Crippen LogP contribution in [0.15, 0.2) is 54.7 Å². The first-order chi connectivity index (χ1) is 10.6. The van der Waals surface area contributed by atoms with Gasteiger partial charge in [0.15, 0.2) is 0 Å². The molecule has 0 bridgehead atoms. The van der Waals surface area contributed by atoms with Gasteiger partial charge in [-0.3, -0.25) is 4.98 Å². The van der Waals surface area contributed by atoms with Gasteiger partial charge in [-0.2, -0.15) is 0 Å². The Balaban J connectivity index is 2.08. The van der Waals surface area contributed by atoms with E-state index < -0.39 is 0 Å². The Bertz CT molecular complexity index is 787. The van der Waals surface area contributed by atoms with Crippen molar-refractivity contribution in [2.45, 2.75) is 20.8 Å². The lowest BCUT2D eigenvalue weighted by molar-refractivity contribution is 0.271. The van der Waals surface area contributed by atoms with Gasteiger partial charge in [-0.25, -0.2) is 0 Å². The molecule has 1 heterocycles. The molecule has 0 spiro atoms. The first kappa shape index (κ1) is 14.6. The fourth-order valence-electron chi connectivity index (χ4n) is 2.54. The van der Waals surface area contributed by atoms with Gasteiger partial charge in [0, 0.05) is 17.1 Å². The Morgan fingerprint density at radius 3 is 2.68 bits per heavy atom. The number of aryl methyl sites for hydroxylation is 1. The number of pyridine rings is 1. The third-order valence-corrected chi connectivity index (χ3v) is 3.72. The second-order valence-corrected chi connectivity index (χ2v) is 6.06. The van der Waals surface area contributed by atoms with Crippen LogP contribution in [-0.2, 0) is 0 Å². The normalized spacial score (nSPS) is 11.1. The van der Waals surface area contributed by atoms with E-state index in [2.05, 4.69) is 62.2 Å². The van der Waals surface area contributed by atoms with E-state index in [4.69, 9.17) is 4.74 Å². The molecule has 112 valence electrons. The van der Waals surface area contributed by atoms with Crippen LogP contribution in [0.4, 0.5) is 0 Å². The maximum Gasteiger partial charge on any atom is 0.119 e. The molecule has 2 heteroatoms. The fourth-order valence-corrected chi connectivity index (χ4v) is 2.54. The summed E-state index contributed by atoms with van der Waals surface area (Å²) in [6, 6.07) is 16.7. The van der Waals surface area contributed by atoms with Crippen LogP contribution in [0.5, 0.6) is 5.75 Å². The van der Waals surface area contributed by atoms with Crippen molar-refractivity contribution in [1.82, 2.24) is 4.98 Å². The molecule has 22 heavy (non-hydrogen) atoms. The van der Waals surface area contributed by atoms with Gasteiger partial charge in [-0.1, -0.05) is 44.2 Å². The molecule has 0 aliphatic carbocycles. The molecule has 2 nitrogen and oxygen atoms in total. The van der Waals surface area contributed by atoms with E-state index in [-0.39, 0.29) is 0 Å². The summed E-state index contributed by atoms with van der Waals surface area (Å²) in [6.07, 6.45) is 1.87. The predicted molar refractivity (Wildman–Crippen MR) is 92.2 cm³/mol. The SMILES string of the molecule is Cc1ccc(OCC(C)C)cc1-c1nccc2ccccc12. The van der Waals surface area contributed by atoms with Crippen molar-refractivity contribution < 1.29 is 4.74 Å². The Hall–Kier alpha value is -2.35. The highest BCUT2D eigenvalue weighted by molar-refractivity contribution is 5.95. The standard InChI is InChI=1S/C20H21NO/c1-14(2)13-22-17-9-8-15(3)19(12-17)20-18-7-5-4-6-16(18)10-11-21-20/h4-12,14H,13H2,1-3H3. The number of benzene rings is 2. The van der Waals surface area contributed by atoms with E-state index in [0.717, 1.165) is 23.6 Å². The largest absolute Gasteiger partial charge is 0.493 e. The quantitative estimate of drug-likeness (QED) is 0.655. The molecule has 3 rings (SSSR count). The van der Waals surface area contributed by atoms with Crippen molar-refractivity contribution in [3.05, 3.63) is 60.3 Å². The third-order valence-electron chi connectivity index (χ3n) is 3.72. The minimum absolute atomic E-state index is 0.514. The van der Waals surface area contributed by atoms with Crippen molar-refractivity contribution in [1.29, 1.82) is 0 Å². The summed E-state index contributed by atoms with van der Waals surface area (Å²) in [5.41, 5.74) is 3.37. The molecule has 3 aromatic rings. The van der Waals surface area contributed by atoms with Gasteiger partial charge in [0.25, 0.3) is 0 Å². The topological polar surface area (TPSA) is 22.1 Å². The zero-order valence-electron chi connectivity index (χ0n) is 13.3. The van der Waals surface area contributed by atoms with Gasteiger partial charge < -0.3 is 4.74 Å². The number of fused-ring (bicyclic) bond motifs is 1. The summed E-state index contributed by atoms with van der Waals surface area (Å²) in [7, 11) is 0. The molecule has 1 aromatic heterocycles. The molecule has 0 atom stereocenters. The first-order valence-electron chi connectivity index (χ1n) is 7.72. The Kier molecular flexibility index (Phi) is 4.10. The zero-order valence-corrected chi connectivity index (χ0v) is 13.3. The Labute approximate surface area is 131 Å². The highest BCUT2D eigenvalue weighted by atomic mass is 16.5. The van der Waals surface area contributed by atoms with Crippen LogP contribution in [0.3, 0.4) is 0 Å². The van der Waals surface area contributed by atoms with Crippen molar-refractivity contribution in [3.8, 4) is 17.0 Å². The number of ether oxygens (including phenoxy) is 1. The lowest BCUT2D eigenvalue weighted by Crippen LogP contribution is -2.04. The molecule has 0 saturated carbocycles. The monoisotopic (exact) mass is 291 g/mol. The first-order valence-corrected chi connectivity index (χ1v) is 7.72. The average molecular weight is 291 g/mol. The van der Waals surface area contributed by atoms with Gasteiger partial charge in [0.1, 0.15) is 5.75 Å². The van der Waals surface area contributed by atoms with Crippen LogP contribution in [-0.4, -0.2) is 11.6 Å². The van der Waals surface area contributed by atoms with Crippen LogP contribution in [0.2, 0.25) is 0 Å². The molecule has 0 amide bonds. The van der Waals surface area contributed by atoms with E-state index >= 15 is 0 Å². The smallest absolute Gasteiger partial charge is 0.119 e. The summed E-state index contributed by atoms with van der Waals surface area (Å²) in [5, 5.41) is 2.38. The molecule has 0 aliphatic rings. The molecule has 0 fully saturated rings. The molecule has 2 aromatic carbocycles. The molecular formula is C20H21NO. The van der Waals surface area contributed by atoms with Crippen LogP contribution in [0.1, 0.15) is 19.4 Å². The summed E-state index contributed by atoms with van der Waals surface area (Å²) in [5.74, 6) is 1.42. The van der Waals surface area contributed by atoms with Crippen LogP contribution in [0.25, 0.3) is 22.0 Å². The Morgan fingerprint density at radius 2 is 1.86 bits per heavy atom. The van der Waals surface area contributed by atoms with Gasteiger partial charge in [-0.15, -0.1) is 0 Å². The minimum atomic E-state index is 0.514. The second-order valence-electron chi connectivity index (χ2n) is 6.06. The second kappa shape index (κ2) is 6.18. The molecule has 0 aliphatic heterocycles. The minimum Gasteiger partial charge on any atom is -0.493 e. The number of rotatable bonds is 4. The third kappa shape index (κ3) is 2.96. The number of hydrogen-bond donors (Lipinski definition) is 0. The average Bonchev–Trinajstić information content (AvgIpc) is 2.53. The van der Waals surface area contributed by atoms with Gasteiger partial charge in [0.05, 0.1) is 12.3 Å². The van der Waals surface area contributed by atoms with E-state index in [9.17, 15) is 0 Å². The van der Waals surface area contributed by atoms with Crippen LogP contribution >= 0.6 is 0 Å². The highest BCUT2D eigenvalue weighted by Crippen LogP contribution is 2.31. The van der Waals surface area contributed by atoms with Crippen molar-refractivity contribution in [2.75, 3.05) is 6.61 Å². The zero-order chi connectivity index (χ0) is 15.5. The number of hydrogen-bond acceptors (Lipinski definition) is 2. The molecule has 0 saturated heterocycles. The number of aromatic nitrogens is 1. The predicted octanol–water partition coefficient (Wildman–Crippen LogP) is 5.25. The summed E-state index contributed by atoms with van der Waals surface area (Å²) in [6.45, 7) is 7.15. The van der Waals surface area contributed by atoms with Gasteiger partial charge in [-0.05, 0) is 42.0 Å². The highest BCUT2D eigenvalue weighted by Gasteiger charge is 2.09. The molecule has 0 unspecified atom stereocenters. The fraction of sp³-hybridized carbons (Fsp3) is 0.250. The summed E-state index contributed by atoms with van der Waals surface area (Å²) in [4.78, 5) is 4.62. The van der Waals surface area contributed by atoms with Gasteiger partial charge >= 0.3 is 0 Å². The van der Waals surface area contributed by atoms with Crippen molar-refractivity contribution >= 4 is 10.8 Å². The lowest BCUT2D eigenvalue weighted by atomic mass is 10.00. The maximum absolute atomic E-state index is 5.87. The summed E-state index contributed by atoms with van der Waals surface area (Å²) < 4.78 is 5.87. The molecule has 0 radical (unpaired) electrons. The van der Waals surface area contributed by atoms with E-state index in [1.165, 1.54) is 16.3 Å². The summed E-state index contributed by atoms with van der Waals surface area (Å²) >= 11 is 0. The van der Waals surface area contributed by atoms with Crippen LogP contribution in [0, 0.1) is 12.8 Å².